The van der Waals surface area contributed by atoms with E-state index in [0.29, 0.717) is 23.6 Å². The van der Waals surface area contributed by atoms with E-state index in [-0.39, 0.29) is 17.6 Å². The molecule has 1 aliphatic heterocycles. The van der Waals surface area contributed by atoms with Crippen molar-refractivity contribution in [3.8, 4) is 0 Å². The van der Waals surface area contributed by atoms with Crippen LogP contribution in [-0.2, 0) is 4.79 Å². The second-order valence-electron chi connectivity index (χ2n) is 5.51. The molecule has 0 spiro atoms. The van der Waals surface area contributed by atoms with Gasteiger partial charge >= 0.3 is 0 Å². The zero-order chi connectivity index (χ0) is 15.7. The first-order valence-electron chi connectivity index (χ1n) is 7.33. The van der Waals surface area contributed by atoms with Crippen molar-refractivity contribution < 1.29 is 14.0 Å². The second-order valence-corrected chi connectivity index (χ2v) is 5.95. The van der Waals surface area contributed by atoms with Gasteiger partial charge in [0.1, 0.15) is 11.6 Å². The highest BCUT2D eigenvalue weighted by molar-refractivity contribution is 6.31. The van der Waals surface area contributed by atoms with Crippen molar-refractivity contribution in [1.82, 2.24) is 10.6 Å². The number of furan rings is 1. The molecule has 2 aromatic rings. The van der Waals surface area contributed by atoms with Crippen molar-refractivity contribution in [3.63, 3.8) is 0 Å². The molecule has 0 aliphatic carbocycles. The maximum absolute atomic E-state index is 12.4. The molecule has 0 saturated carbocycles. The van der Waals surface area contributed by atoms with E-state index in [9.17, 15) is 9.59 Å². The fourth-order valence-electron chi connectivity index (χ4n) is 2.71. The Bertz CT molecular complexity index is 738. The van der Waals surface area contributed by atoms with Crippen molar-refractivity contribution in [3.05, 3.63) is 34.5 Å². The number of hydrogen-bond acceptors (Lipinski definition) is 3. The molecule has 0 radical (unpaired) electrons. The molecule has 6 heteroatoms. The van der Waals surface area contributed by atoms with Crippen LogP contribution in [0.25, 0.3) is 11.0 Å². The monoisotopic (exact) mass is 320 g/mol. The Hall–Kier alpha value is -2.01. The van der Waals surface area contributed by atoms with Crippen LogP contribution in [0.15, 0.2) is 22.6 Å². The van der Waals surface area contributed by atoms with Crippen LogP contribution in [0.1, 0.15) is 35.4 Å². The van der Waals surface area contributed by atoms with Crippen LogP contribution >= 0.6 is 11.6 Å². The molecule has 1 atom stereocenters. The molecule has 5 nitrogen and oxygen atoms in total. The Labute approximate surface area is 133 Å². The van der Waals surface area contributed by atoms with E-state index >= 15 is 0 Å². The third-order valence-corrected chi connectivity index (χ3v) is 4.18. The van der Waals surface area contributed by atoms with Gasteiger partial charge in [-0.2, -0.15) is 0 Å². The molecule has 1 aliphatic rings. The topological polar surface area (TPSA) is 71.3 Å². The Morgan fingerprint density at radius 1 is 1.41 bits per heavy atom. The minimum absolute atomic E-state index is 0.136. The van der Waals surface area contributed by atoms with Gasteiger partial charge in [-0.15, -0.1) is 0 Å². The van der Waals surface area contributed by atoms with Gasteiger partial charge in [0.2, 0.25) is 5.91 Å². The highest BCUT2D eigenvalue weighted by Gasteiger charge is 2.25. The van der Waals surface area contributed by atoms with Crippen molar-refractivity contribution in [2.45, 2.75) is 32.2 Å². The van der Waals surface area contributed by atoms with Crippen LogP contribution in [0, 0.1) is 6.92 Å². The van der Waals surface area contributed by atoms with Gasteiger partial charge in [-0.05, 0) is 44.4 Å². The molecule has 2 amide bonds. The lowest BCUT2D eigenvalue weighted by Crippen LogP contribution is -2.45. The summed E-state index contributed by atoms with van der Waals surface area (Å²) in [5, 5.41) is 6.96. The predicted octanol–water partition coefficient (Wildman–Crippen LogP) is 2.79. The zero-order valence-electron chi connectivity index (χ0n) is 12.2. The number of hydrogen-bond donors (Lipinski definition) is 2. The lowest BCUT2D eigenvalue weighted by molar-refractivity contribution is -0.122. The van der Waals surface area contributed by atoms with E-state index in [0.717, 1.165) is 23.8 Å². The first-order valence-corrected chi connectivity index (χ1v) is 7.71. The van der Waals surface area contributed by atoms with E-state index in [1.165, 1.54) is 0 Å². The van der Waals surface area contributed by atoms with Gasteiger partial charge in [-0.25, -0.2) is 0 Å². The minimum atomic E-state index is -0.508. The number of benzene rings is 1. The number of fused-ring (bicyclic) bond motifs is 1. The van der Waals surface area contributed by atoms with E-state index in [1.54, 1.807) is 18.2 Å². The highest BCUT2D eigenvalue weighted by Crippen LogP contribution is 2.28. The van der Waals surface area contributed by atoms with Crippen molar-refractivity contribution >= 4 is 34.4 Å². The number of nitrogens with one attached hydrogen (secondary N) is 2. The summed E-state index contributed by atoms with van der Waals surface area (Å²) in [4.78, 5) is 24.3. The number of amides is 2. The largest absolute Gasteiger partial charge is 0.451 e. The quantitative estimate of drug-likeness (QED) is 0.893. The maximum atomic E-state index is 12.4. The molecule has 1 unspecified atom stereocenters. The summed E-state index contributed by atoms with van der Waals surface area (Å²) in [6.07, 6.45) is 2.47. The van der Waals surface area contributed by atoms with Crippen molar-refractivity contribution in [2.75, 3.05) is 6.54 Å². The van der Waals surface area contributed by atoms with Gasteiger partial charge in [0.05, 0.1) is 0 Å². The van der Waals surface area contributed by atoms with E-state index in [1.807, 2.05) is 6.92 Å². The summed E-state index contributed by atoms with van der Waals surface area (Å²) < 4.78 is 5.62. The molecule has 116 valence electrons. The lowest BCUT2D eigenvalue weighted by atomic mass is 10.1. The Morgan fingerprint density at radius 2 is 2.23 bits per heavy atom. The summed E-state index contributed by atoms with van der Waals surface area (Å²) in [6, 6.07) is 4.71. The first kappa shape index (κ1) is 14.9. The van der Waals surface area contributed by atoms with E-state index in [4.69, 9.17) is 16.0 Å². The third-order valence-electron chi connectivity index (χ3n) is 3.95. The number of carbonyl (C=O) groups excluding carboxylic acids is 2. The smallest absolute Gasteiger partial charge is 0.287 e. The van der Waals surface area contributed by atoms with Gasteiger partial charge in [-0.1, -0.05) is 11.6 Å². The van der Waals surface area contributed by atoms with E-state index < -0.39 is 6.04 Å². The molecule has 1 saturated heterocycles. The standard InChI is InChI=1S/C16H17ClN2O3/c1-9-11-8-10(17)5-6-13(11)22-14(9)16(21)19-12-4-2-3-7-18-15(12)20/h5-6,8,12H,2-4,7H2,1H3,(H,18,20)(H,19,21). The van der Waals surface area contributed by atoms with Crippen LogP contribution in [0.4, 0.5) is 0 Å². The number of aryl methyl sites for hydroxylation is 1. The first-order chi connectivity index (χ1) is 10.6. The molecule has 1 aromatic carbocycles. The lowest BCUT2D eigenvalue weighted by Gasteiger charge is -2.14. The maximum Gasteiger partial charge on any atom is 0.287 e. The Kier molecular flexibility index (Phi) is 4.07. The average Bonchev–Trinajstić information content (AvgIpc) is 2.68. The predicted molar refractivity (Wildman–Crippen MR) is 84.1 cm³/mol. The summed E-state index contributed by atoms with van der Waals surface area (Å²) in [6.45, 7) is 2.47. The van der Waals surface area contributed by atoms with Crippen LogP contribution < -0.4 is 10.6 Å². The van der Waals surface area contributed by atoms with Crippen molar-refractivity contribution in [2.24, 2.45) is 0 Å². The Morgan fingerprint density at radius 3 is 3.05 bits per heavy atom. The fourth-order valence-corrected chi connectivity index (χ4v) is 2.88. The van der Waals surface area contributed by atoms with E-state index in [2.05, 4.69) is 10.6 Å². The second kappa shape index (κ2) is 6.01. The molecule has 2 N–H and O–H groups in total. The van der Waals surface area contributed by atoms with Gasteiger partial charge < -0.3 is 15.1 Å². The van der Waals surface area contributed by atoms with Crippen LogP contribution in [0.2, 0.25) is 5.02 Å². The van der Waals surface area contributed by atoms with Crippen LogP contribution in [0.3, 0.4) is 0 Å². The summed E-state index contributed by atoms with van der Waals surface area (Å²) in [7, 11) is 0. The van der Waals surface area contributed by atoms with Gasteiger partial charge in [0.25, 0.3) is 5.91 Å². The number of carbonyl (C=O) groups is 2. The molecule has 1 fully saturated rings. The van der Waals surface area contributed by atoms with Gasteiger partial charge in [0, 0.05) is 22.5 Å². The SMILES string of the molecule is Cc1c(C(=O)NC2CCCCNC2=O)oc2ccc(Cl)cc12. The molecule has 0 bridgehead atoms. The third kappa shape index (κ3) is 2.81. The Balaban J connectivity index is 1.85. The van der Waals surface area contributed by atoms with Gasteiger partial charge in [0.15, 0.2) is 5.76 Å². The van der Waals surface area contributed by atoms with Crippen molar-refractivity contribution in [1.29, 1.82) is 0 Å². The molecule has 22 heavy (non-hydrogen) atoms. The normalized spacial score (nSPS) is 18.8. The molecular formula is C16H17ClN2O3. The highest BCUT2D eigenvalue weighted by atomic mass is 35.5. The number of rotatable bonds is 2. The fraction of sp³-hybridized carbons (Fsp3) is 0.375. The van der Waals surface area contributed by atoms with Gasteiger partial charge in [-0.3, -0.25) is 9.59 Å². The summed E-state index contributed by atoms with van der Waals surface area (Å²) in [5.41, 5.74) is 1.33. The zero-order valence-corrected chi connectivity index (χ0v) is 13.0. The van der Waals surface area contributed by atoms with Crippen LogP contribution in [-0.4, -0.2) is 24.4 Å². The molecule has 2 heterocycles. The van der Waals surface area contributed by atoms with Crippen LogP contribution in [0.5, 0.6) is 0 Å². The molecule has 3 rings (SSSR count). The molecular weight excluding hydrogens is 304 g/mol. The summed E-state index contributed by atoms with van der Waals surface area (Å²) in [5.74, 6) is -0.274. The molecule has 1 aromatic heterocycles. The summed E-state index contributed by atoms with van der Waals surface area (Å²) >= 11 is 5.98. The minimum Gasteiger partial charge on any atom is -0.451 e. The number of halogens is 1. The average molecular weight is 321 g/mol.